The molecular formula is C19H23BrN2O4S2. The Morgan fingerprint density at radius 2 is 2.00 bits per heavy atom. The van der Waals surface area contributed by atoms with Crippen LogP contribution in [0.3, 0.4) is 0 Å². The molecule has 0 spiro atoms. The highest BCUT2D eigenvalue weighted by Gasteiger charge is 2.39. The Labute approximate surface area is 178 Å². The van der Waals surface area contributed by atoms with Crippen LogP contribution in [0.25, 0.3) is 0 Å². The van der Waals surface area contributed by atoms with Crippen LogP contribution in [0.4, 0.5) is 0 Å². The van der Waals surface area contributed by atoms with E-state index in [1.54, 1.807) is 12.1 Å². The van der Waals surface area contributed by atoms with Gasteiger partial charge in [0, 0.05) is 6.54 Å². The predicted molar refractivity (Wildman–Crippen MR) is 113 cm³/mol. The zero-order valence-corrected chi connectivity index (χ0v) is 19.0. The largest absolute Gasteiger partial charge is 0.491 e. The Hall–Kier alpha value is -1.42. The van der Waals surface area contributed by atoms with Crippen molar-refractivity contribution in [2.45, 2.75) is 36.9 Å². The molecule has 1 aliphatic rings. The van der Waals surface area contributed by atoms with Gasteiger partial charge in [-0.3, -0.25) is 4.79 Å². The summed E-state index contributed by atoms with van der Waals surface area (Å²) in [5.41, 5.74) is 2.09. The third kappa shape index (κ3) is 4.59. The van der Waals surface area contributed by atoms with Crippen molar-refractivity contribution in [3.63, 3.8) is 0 Å². The van der Waals surface area contributed by atoms with Crippen LogP contribution in [-0.2, 0) is 14.8 Å². The zero-order valence-electron chi connectivity index (χ0n) is 15.8. The summed E-state index contributed by atoms with van der Waals surface area (Å²) < 4.78 is 33.8. The predicted octanol–water partition coefficient (Wildman–Crippen LogP) is 3.48. The standard InChI is InChI=1S/C19H23BrN2O4S2/c1-13-5-3-6-14(2)18(13)26-12-10-21-19(23)15-7-4-11-22(15)28(24,25)17-9-8-16(20)27-17/h3,5-6,8-9,15H,4,7,10-12H2,1-2H3,(H,21,23)/t15-/m0/s1. The van der Waals surface area contributed by atoms with Crippen LogP contribution in [0.5, 0.6) is 5.75 Å². The molecule has 152 valence electrons. The number of hydrogen-bond acceptors (Lipinski definition) is 5. The van der Waals surface area contributed by atoms with E-state index in [2.05, 4.69) is 21.2 Å². The van der Waals surface area contributed by atoms with E-state index in [1.165, 1.54) is 4.31 Å². The molecule has 1 aromatic carbocycles. The number of carbonyl (C=O) groups excluding carboxylic acids is 1. The highest BCUT2D eigenvalue weighted by Crippen LogP contribution is 2.32. The topological polar surface area (TPSA) is 75.7 Å². The second-order valence-corrected chi connectivity index (χ2v) is 11.3. The fraction of sp³-hybridized carbons (Fsp3) is 0.421. The SMILES string of the molecule is Cc1cccc(C)c1OCCNC(=O)[C@@H]1CCCN1S(=O)(=O)c1ccc(Br)s1. The average Bonchev–Trinajstić information content (AvgIpc) is 3.30. The van der Waals surface area contributed by atoms with Crippen molar-refractivity contribution < 1.29 is 17.9 Å². The van der Waals surface area contributed by atoms with Gasteiger partial charge in [-0.2, -0.15) is 4.31 Å². The van der Waals surface area contributed by atoms with Gasteiger partial charge >= 0.3 is 0 Å². The van der Waals surface area contributed by atoms with Crippen LogP contribution < -0.4 is 10.1 Å². The lowest BCUT2D eigenvalue weighted by molar-refractivity contribution is -0.124. The van der Waals surface area contributed by atoms with Crippen LogP contribution in [0.1, 0.15) is 24.0 Å². The van der Waals surface area contributed by atoms with Crippen molar-refractivity contribution in [1.29, 1.82) is 0 Å². The Kier molecular flexibility index (Phi) is 6.80. The van der Waals surface area contributed by atoms with Gasteiger partial charge in [-0.15, -0.1) is 11.3 Å². The number of sulfonamides is 1. The summed E-state index contributed by atoms with van der Waals surface area (Å²) in [6.45, 7) is 4.96. The first-order chi connectivity index (χ1) is 13.3. The summed E-state index contributed by atoms with van der Waals surface area (Å²) in [5.74, 6) is 0.548. The summed E-state index contributed by atoms with van der Waals surface area (Å²) in [6.07, 6.45) is 1.19. The van der Waals surface area contributed by atoms with Gasteiger partial charge in [0.1, 0.15) is 22.6 Å². The zero-order chi connectivity index (χ0) is 20.3. The molecule has 2 aromatic rings. The van der Waals surface area contributed by atoms with Crippen LogP contribution in [-0.4, -0.2) is 44.4 Å². The van der Waals surface area contributed by atoms with Crippen LogP contribution in [0.15, 0.2) is 38.3 Å². The molecule has 1 N–H and O–H groups in total. The first kappa shape index (κ1) is 21.3. The Bertz CT molecular complexity index is 938. The Morgan fingerprint density at radius 1 is 1.29 bits per heavy atom. The highest BCUT2D eigenvalue weighted by atomic mass is 79.9. The molecule has 0 saturated carbocycles. The molecule has 28 heavy (non-hydrogen) atoms. The minimum Gasteiger partial charge on any atom is -0.491 e. The molecule has 0 aliphatic carbocycles. The number of halogens is 1. The lowest BCUT2D eigenvalue weighted by atomic mass is 10.1. The van der Waals surface area contributed by atoms with E-state index in [-0.39, 0.29) is 10.1 Å². The molecule has 1 atom stereocenters. The number of para-hydroxylation sites is 1. The number of nitrogens with one attached hydrogen (secondary N) is 1. The first-order valence-corrected chi connectivity index (χ1v) is 12.1. The van der Waals surface area contributed by atoms with Crippen LogP contribution in [0.2, 0.25) is 0 Å². The summed E-state index contributed by atoms with van der Waals surface area (Å²) in [4.78, 5) is 12.6. The number of ether oxygens (including phenoxy) is 1. The summed E-state index contributed by atoms with van der Waals surface area (Å²) in [6, 6.07) is 8.52. The second kappa shape index (κ2) is 8.94. The fourth-order valence-corrected chi connectivity index (χ4v) is 7.11. The molecule has 0 bridgehead atoms. The van der Waals surface area contributed by atoms with Gasteiger partial charge < -0.3 is 10.1 Å². The molecular weight excluding hydrogens is 464 g/mol. The minimum absolute atomic E-state index is 0.248. The van der Waals surface area contributed by atoms with Crippen molar-refractivity contribution >= 4 is 43.2 Å². The van der Waals surface area contributed by atoms with E-state index in [9.17, 15) is 13.2 Å². The minimum atomic E-state index is -3.67. The van der Waals surface area contributed by atoms with E-state index in [4.69, 9.17) is 4.74 Å². The van der Waals surface area contributed by atoms with Crippen molar-refractivity contribution in [3.8, 4) is 5.75 Å². The average molecular weight is 487 g/mol. The maximum absolute atomic E-state index is 12.9. The third-order valence-electron chi connectivity index (χ3n) is 4.67. The molecule has 1 fully saturated rings. The lowest BCUT2D eigenvalue weighted by Gasteiger charge is -2.22. The smallest absolute Gasteiger partial charge is 0.253 e. The number of benzene rings is 1. The maximum Gasteiger partial charge on any atom is 0.253 e. The number of amides is 1. The molecule has 0 radical (unpaired) electrons. The van der Waals surface area contributed by atoms with E-state index in [0.717, 1.165) is 32.0 Å². The molecule has 1 aliphatic heterocycles. The van der Waals surface area contributed by atoms with E-state index in [0.29, 0.717) is 32.5 Å². The number of rotatable bonds is 7. The van der Waals surface area contributed by atoms with Gasteiger partial charge in [-0.1, -0.05) is 18.2 Å². The van der Waals surface area contributed by atoms with Crippen molar-refractivity contribution in [1.82, 2.24) is 9.62 Å². The monoisotopic (exact) mass is 486 g/mol. The van der Waals surface area contributed by atoms with Crippen LogP contribution in [0, 0.1) is 13.8 Å². The molecule has 1 amide bonds. The quantitative estimate of drug-likeness (QED) is 0.607. The molecule has 3 rings (SSSR count). The van der Waals surface area contributed by atoms with Gasteiger partial charge in [0.25, 0.3) is 10.0 Å². The fourth-order valence-electron chi connectivity index (χ4n) is 3.31. The Balaban J connectivity index is 1.58. The normalized spacial score (nSPS) is 17.6. The lowest BCUT2D eigenvalue weighted by Crippen LogP contribution is -2.46. The summed E-state index contributed by atoms with van der Waals surface area (Å²) in [7, 11) is -3.67. The highest BCUT2D eigenvalue weighted by molar-refractivity contribution is 9.11. The molecule has 0 unspecified atom stereocenters. The molecule has 6 nitrogen and oxygen atoms in total. The maximum atomic E-state index is 12.9. The third-order valence-corrected chi connectivity index (χ3v) is 8.67. The summed E-state index contributed by atoms with van der Waals surface area (Å²) in [5, 5.41) is 2.82. The van der Waals surface area contributed by atoms with Crippen LogP contribution >= 0.6 is 27.3 Å². The first-order valence-electron chi connectivity index (χ1n) is 9.04. The number of thiophene rings is 1. The van der Waals surface area contributed by atoms with Gasteiger partial charge in [0.15, 0.2) is 0 Å². The van der Waals surface area contributed by atoms with Crippen molar-refractivity contribution in [2.24, 2.45) is 0 Å². The number of hydrogen-bond donors (Lipinski definition) is 1. The van der Waals surface area contributed by atoms with E-state index < -0.39 is 16.1 Å². The molecule has 1 aromatic heterocycles. The van der Waals surface area contributed by atoms with Crippen molar-refractivity contribution in [2.75, 3.05) is 19.7 Å². The van der Waals surface area contributed by atoms with Gasteiger partial charge in [0.2, 0.25) is 5.91 Å². The van der Waals surface area contributed by atoms with Gasteiger partial charge in [0.05, 0.1) is 10.3 Å². The Morgan fingerprint density at radius 3 is 2.64 bits per heavy atom. The molecule has 9 heteroatoms. The number of aryl methyl sites for hydroxylation is 2. The molecule has 2 heterocycles. The number of nitrogens with zero attached hydrogens (tertiary/aromatic N) is 1. The number of carbonyl (C=O) groups is 1. The summed E-state index contributed by atoms with van der Waals surface area (Å²) >= 11 is 4.44. The van der Waals surface area contributed by atoms with Gasteiger partial charge in [-0.25, -0.2) is 8.42 Å². The molecule has 1 saturated heterocycles. The van der Waals surface area contributed by atoms with Crippen molar-refractivity contribution in [3.05, 3.63) is 45.2 Å². The second-order valence-electron chi connectivity index (χ2n) is 6.69. The van der Waals surface area contributed by atoms with Gasteiger partial charge in [-0.05, 0) is 65.9 Å². The van der Waals surface area contributed by atoms with E-state index in [1.807, 2.05) is 32.0 Å². The van der Waals surface area contributed by atoms with E-state index >= 15 is 0 Å².